The van der Waals surface area contributed by atoms with E-state index in [1.165, 1.54) is 35.0 Å². The van der Waals surface area contributed by atoms with Gasteiger partial charge in [-0.05, 0) is 42.5 Å². The molecule has 4 aromatic rings. The van der Waals surface area contributed by atoms with Crippen LogP contribution in [0.5, 0.6) is 0 Å². The van der Waals surface area contributed by atoms with Gasteiger partial charge < -0.3 is 10.4 Å². The molecule has 6 nitrogen and oxygen atoms in total. The van der Waals surface area contributed by atoms with Gasteiger partial charge in [-0.15, -0.1) is 0 Å². The molecule has 0 radical (unpaired) electrons. The molecule has 2 N–H and O–H groups in total. The smallest absolute Gasteiger partial charge is 0.382 e. The Kier molecular flexibility index (Phi) is 5.35. The lowest BCUT2D eigenvalue weighted by Gasteiger charge is -2.15. The van der Waals surface area contributed by atoms with E-state index in [1.54, 1.807) is 17.8 Å². The van der Waals surface area contributed by atoms with Gasteiger partial charge in [0.1, 0.15) is 0 Å². The number of aliphatic hydroxyl groups excluding tert-OH is 1. The van der Waals surface area contributed by atoms with Crippen LogP contribution in [-0.4, -0.2) is 44.2 Å². The zero-order chi connectivity index (χ0) is 24.1. The van der Waals surface area contributed by atoms with Gasteiger partial charge >= 0.3 is 12.4 Å². The molecule has 2 heterocycles. The van der Waals surface area contributed by atoms with Crippen LogP contribution in [0, 0.1) is 0 Å². The molecular formula is C21H16F6N4O2. The third-order valence-electron chi connectivity index (χ3n) is 5.10. The van der Waals surface area contributed by atoms with Gasteiger partial charge in [0.15, 0.2) is 11.8 Å². The molecule has 1 atom stereocenters. The molecule has 4 rings (SSSR count). The third kappa shape index (κ3) is 4.25. The van der Waals surface area contributed by atoms with Crippen molar-refractivity contribution < 1.29 is 36.2 Å². The Labute approximate surface area is 182 Å². The number of nitrogens with zero attached hydrogens (tertiary/aromatic N) is 3. The van der Waals surface area contributed by atoms with Crippen LogP contribution in [0.4, 0.5) is 26.3 Å². The molecule has 0 aliphatic heterocycles. The second-order valence-electron chi connectivity index (χ2n) is 7.42. The maximum Gasteiger partial charge on any atom is 0.416 e. The maximum atomic E-state index is 12.9. The van der Waals surface area contributed by atoms with Gasteiger partial charge in [-0.2, -0.15) is 31.4 Å². The summed E-state index contributed by atoms with van der Waals surface area (Å²) in [6, 6.07) is 8.86. The average molecular weight is 470 g/mol. The molecule has 0 aliphatic carbocycles. The Hall–Kier alpha value is -3.54. The SMILES string of the molecule is Cn1cc2c3cc(C(=O)NC[C@@H](O)C(F)(F)F)ccc3n(-c3ccc(C(F)(F)F)cc3)c2n1. The number of hydrogen-bond donors (Lipinski definition) is 2. The monoisotopic (exact) mass is 470 g/mol. The van der Waals surface area contributed by atoms with Crippen LogP contribution < -0.4 is 5.32 Å². The average Bonchev–Trinajstić information content (AvgIpc) is 3.24. The quantitative estimate of drug-likeness (QED) is 0.440. The molecule has 2 aromatic carbocycles. The highest BCUT2D eigenvalue weighted by atomic mass is 19.4. The van der Waals surface area contributed by atoms with E-state index in [0.717, 1.165) is 12.1 Å². The van der Waals surface area contributed by atoms with Crippen LogP contribution in [-0.2, 0) is 13.2 Å². The number of benzene rings is 2. The van der Waals surface area contributed by atoms with Crippen molar-refractivity contribution in [2.45, 2.75) is 18.5 Å². The maximum absolute atomic E-state index is 12.9. The molecule has 33 heavy (non-hydrogen) atoms. The zero-order valence-electron chi connectivity index (χ0n) is 16.9. The summed E-state index contributed by atoms with van der Waals surface area (Å²) in [7, 11) is 1.65. The number of amides is 1. The number of carbonyl (C=O) groups is 1. The number of aromatic nitrogens is 3. The predicted octanol–water partition coefficient (Wildman–Crippen LogP) is 4.19. The minimum atomic E-state index is -4.86. The van der Waals surface area contributed by atoms with Gasteiger partial charge in [-0.25, -0.2) is 0 Å². The van der Waals surface area contributed by atoms with E-state index < -0.39 is 36.5 Å². The van der Waals surface area contributed by atoms with E-state index >= 15 is 0 Å². The Morgan fingerprint density at radius 1 is 1.06 bits per heavy atom. The fourth-order valence-corrected chi connectivity index (χ4v) is 3.50. The Balaban J connectivity index is 1.75. The predicted molar refractivity (Wildman–Crippen MR) is 107 cm³/mol. The van der Waals surface area contributed by atoms with Gasteiger partial charge in [0.25, 0.3) is 5.91 Å². The minimum absolute atomic E-state index is 0.0483. The first-order valence-corrected chi connectivity index (χ1v) is 9.54. The van der Waals surface area contributed by atoms with E-state index in [1.807, 2.05) is 5.32 Å². The van der Waals surface area contributed by atoms with Crippen molar-refractivity contribution >= 4 is 27.8 Å². The number of aliphatic hydroxyl groups is 1. The number of halogens is 6. The van der Waals surface area contributed by atoms with Crippen molar-refractivity contribution in [2.75, 3.05) is 6.54 Å². The third-order valence-corrected chi connectivity index (χ3v) is 5.10. The van der Waals surface area contributed by atoms with Gasteiger partial charge in [0, 0.05) is 35.3 Å². The van der Waals surface area contributed by atoms with Gasteiger partial charge in [0.05, 0.1) is 17.6 Å². The topological polar surface area (TPSA) is 72.1 Å². The Bertz CT molecular complexity index is 1340. The van der Waals surface area contributed by atoms with Crippen molar-refractivity contribution in [3.63, 3.8) is 0 Å². The highest BCUT2D eigenvalue weighted by Crippen LogP contribution is 2.34. The minimum Gasteiger partial charge on any atom is -0.382 e. The van der Waals surface area contributed by atoms with Crippen LogP contribution in [0.25, 0.3) is 27.6 Å². The zero-order valence-corrected chi connectivity index (χ0v) is 16.9. The highest BCUT2D eigenvalue weighted by Gasteiger charge is 2.38. The van der Waals surface area contributed by atoms with Crippen LogP contribution in [0.3, 0.4) is 0 Å². The Morgan fingerprint density at radius 2 is 1.73 bits per heavy atom. The van der Waals surface area contributed by atoms with E-state index in [4.69, 9.17) is 5.11 Å². The van der Waals surface area contributed by atoms with Gasteiger partial charge in [-0.3, -0.25) is 14.0 Å². The second-order valence-corrected chi connectivity index (χ2v) is 7.42. The summed E-state index contributed by atoms with van der Waals surface area (Å²) in [6.07, 6.45) is -10.4. The van der Waals surface area contributed by atoms with Crippen LogP contribution in [0.1, 0.15) is 15.9 Å². The molecule has 1 amide bonds. The number of carbonyl (C=O) groups excluding carboxylic acids is 1. The lowest BCUT2D eigenvalue weighted by atomic mass is 10.1. The van der Waals surface area contributed by atoms with E-state index in [2.05, 4.69) is 5.10 Å². The molecule has 0 spiro atoms. The summed E-state index contributed by atoms with van der Waals surface area (Å²) >= 11 is 0. The first-order valence-electron chi connectivity index (χ1n) is 9.54. The molecular weight excluding hydrogens is 454 g/mol. The number of aryl methyl sites for hydroxylation is 1. The standard InChI is InChI=1S/C21H16F6N4O2/c1-30-10-15-14-8-11(19(33)28-9-17(32)21(25,26)27)2-7-16(14)31(18(15)29-30)13-5-3-12(4-6-13)20(22,23)24/h2-8,10,17,32H,9H2,1H3,(H,28,33)/t17-/m1/s1. The van der Waals surface area contributed by atoms with Gasteiger partial charge in [0.2, 0.25) is 0 Å². The number of rotatable bonds is 4. The molecule has 0 bridgehead atoms. The van der Waals surface area contributed by atoms with Crippen molar-refractivity contribution in [2.24, 2.45) is 7.05 Å². The molecule has 0 aliphatic rings. The van der Waals surface area contributed by atoms with Crippen LogP contribution in [0.15, 0.2) is 48.7 Å². The summed E-state index contributed by atoms with van der Waals surface area (Å²) in [4.78, 5) is 12.3. The molecule has 12 heteroatoms. The number of alkyl halides is 6. The molecule has 0 saturated carbocycles. The number of hydrogen-bond acceptors (Lipinski definition) is 3. The van der Waals surface area contributed by atoms with Crippen LogP contribution in [0.2, 0.25) is 0 Å². The first kappa shape index (κ1) is 22.6. The fraction of sp³-hybridized carbons (Fsp3) is 0.238. The molecule has 174 valence electrons. The van der Waals surface area contributed by atoms with Crippen molar-refractivity contribution in [1.29, 1.82) is 0 Å². The largest absolute Gasteiger partial charge is 0.416 e. The number of nitrogens with one attached hydrogen (secondary N) is 1. The lowest BCUT2D eigenvalue weighted by molar-refractivity contribution is -0.201. The highest BCUT2D eigenvalue weighted by molar-refractivity contribution is 6.10. The van der Waals surface area contributed by atoms with E-state index in [-0.39, 0.29) is 5.56 Å². The van der Waals surface area contributed by atoms with Gasteiger partial charge in [-0.1, -0.05) is 0 Å². The molecule has 2 aromatic heterocycles. The first-order chi connectivity index (χ1) is 15.4. The van der Waals surface area contributed by atoms with E-state index in [0.29, 0.717) is 27.6 Å². The van der Waals surface area contributed by atoms with Crippen molar-refractivity contribution in [3.8, 4) is 5.69 Å². The summed E-state index contributed by atoms with van der Waals surface area (Å²) < 4.78 is 79.3. The Morgan fingerprint density at radius 3 is 2.33 bits per heavy atom. The fourth-order valence-electron chi connectivity index (χ4n) is 3.50. The number of fused-ring (bicyclic) bond motifs is 3. The summed E-state index contributed by atoms with van der Waals surface area (Å²) in [5.41, 5.74) is 0.622. The van der Waals surface area contributed by atoms with Crippen molar-refractivity contribution in [3.05, 3.63) is 59.8 Å². The summed E-state index contributed by atoms with van der Waals surface area (Å²) in [5, 5.41) is 16.6. The second kappa shape index (κ2) is 7.80. The summed E-state index contributed by atoms with van der Waals surface area (Å²) in [5.74, 6) is -0.820. The molecule has 0 fully saturated rings. The summed E-state index contributed by atoms with van der Waals surface area (Å²) in [6.45, 7) is -1.00. The molecule has 0 unspecified atom stereocenters. The van der Waals surface area contributed by atoms with Crippen molar-refractivity contribution in [1.82, 2.24) is 19.7 Å². The lowest BCUT2D eigenvalue weighted by Crippen LogP contribution is -2.40. The molecule has 0 saturated heterocycles. The van der Waals surface area contributed by atoms with E-state index in [9.17, 15) is 31.1 Å². The normalized spacial score (nSPS) is 13.6. The van der Waals surface area contributed by atoms with Crippen LogP contribution >= 0.6 is 0 Å².